The lowest BCUT2D eigenvalue weighted by Gasteiger charge is -2.27. The van der Waals surface area contributed by atoms with Gasteiger partial charge in [-0.15, -0.1) is 6.58 Å². The minimum atomic E-state index is 0.0235. The molecule has 0 unspecified atom stereocenters. The summed E-state index contributed by atoms with van der Waals surface area (Å²) in [5.41, 5.74) is 1.11. The first-order valence-electron chi connectivity index (χ1n) is 8.35. The Labute approximate surface area is 138 Å². The lowest BCUT2D eigenvalue weighted by molar-refractivity contribution is -0.140. The van der Waals surface area contributed by atoms with Gasteiger partial charge >= 0.3 is 0 Å². The summed E-state index contributed by atoms with van der Waals surface area (Å²) >= 11 is 0. The van der Waals surface area contributed by atoms with Gasteiger partial charge in [0.15, 0.2) is 0 Å². The SMILES string of the molecule is C=CCN(CC(=O)N(Cc1cccn1C)C1CC1)C(=O)CCC. The molecule has 0 N–H and O–H groups in total. The highest BCUT2D eigenvalue weighted by Crippen LogP contribution is 2.28. The van der Waals surface area contributed by atoms with Crippen LogP contribution in [-0.2, 0) is 23.2 Å². The quantitative estimate of drug-likeness (QED) is 0.656. The van der Waals surface area contributed by atoms with Gasteiger partial charge in [-0.1, -0.05) is 13.0 Å². The number of aryl methyl sites for hydroxylation is 1. The fourth-order valence-corrected chi connectivity index (χ4v) is 2.68. The largest absolute Gasteiger partial charge is 0.353 e. The third kappa shape index (κ3) is 4.71. The van der Waals surface area contributed by atoms with Crippen LogP contribution in [0.4, 0.5) is 0 Å². The summed E-state index contributed by atoms with van der Waals surface area (Å²) in [6.07, 6.45) is 7.04. The molecular weight excluding hydrogens is 290 g/mol. The Bertz CT molecular complexity index is 560. The highest BCUT2D eigenvalue weighted by Gasteiger charge is 2.33. The van der Waals surface area contributed by atoms with E-state index in [1.165, 1.54) is 0 Å². The third-order valence-corrected chi connectivity index (χ3v) is 4.18. The van der Waals surface area contributed by atoms with Crippen molar-refractivity contribution >= 4 is 11.8 Å². The molecular formula is C18H27N3O2. The molecule has 0 spiro atoms. The van der Waals surface area contributed by atoms with Gasteiger partial charge in [-0.3, -0.25) is 9.59 Å². The monoisotopic (exact) mass is 317 g/mol. The van der Waals surface area contributed by atoms with Crippen LogP contribution in [0.1, 0.15) is 38.3 Å². The molecule has 1 aliphatic carbocycles. The van der Waals surface area contributed by atoms with Gasteiger partial charge < -0.3 is 14.4 Å². The highest BCUT2D eigenvalue weighted by molar-refractivity contribution is 5.85. The Hall–Kier alpha value is -2.04. The Morgan fingerprint density at radius 2 is 2.13 bits per heavy atom. The molecule has 0 atom stereocenters. The molecule has 2 rings (SSSR count). The summed E-state index contributed by atoms with van der Waals surface area (Å²) in [4.78, 5) is 28.4. The number of carbonyl (C=O) groups is 2. The van der Waals surface area contributed by atoms with Gasteiger partial charge in [0.2, 0.25) is 11.8 Å². The van der Waals surface area contributed by atoms with E-state index in [4.69, 9.17) is 0 Å². The number of nitrogens with zero attached hydrogens (tertiary/aromatic N) is 3. The predicted molar refractivity (Wildman–Crippen MR) is 90.7 cm³/mol. The molecule has 5 nitrogen and oxygen atoms in total. The molecule has 0 radical (unpaired) electrons. The summed E-state index contributed by atoms with van der Waals surface area (Å²) in [5, 5.41) is 0. The maximum absolute atomic E-state index is 12.7. The van der Waals surface area contributed by atoms with Gasteiger partial charge in [-0.05, 0) is 31.4 Å². The molecule has 1 aliphatic rings. The van der Waals surface area contributed by atoms with Crippen LogP contribution in [0.3, 0.4) is 0 Å². The van der Waals surface area contributed by atoms with E-state index in [0.717, 1.165) is 25.0 Å². The van der Waals surface area contributed by atoms with Crippen LogP contribution in [0.15, 0.2) is 31.0 Å². The van der Waals surface area contributed by atoms with Crippen molar-refractivity contribution < 1.29 is 9.59 Å². The number of carbonyl (C=O) groups excluding carboxylic acids is 2. The molecule has 1 aromatic heterocycles. The third-order valence-electron chi connectivity index (χ3n) is 4.18. The van der Waals surface area contributed by atoms with Crippen molar-refractivity contribution in [3.05, 3.63) is 36.7 Å². The van der Waals surface area contributed by atoms with Crippen LogP contribution in [0.5, 0.6) is 0 Å². The van der Waals surface area contributed by atoms with E-state index in [2.05, 4.69) is 6.58 Å². The second kappa shape index (κ2) is 7.99. The Balaban J connectivity index is 2.03. The number of hydrogen-bond acceptors (Lipinski definition) is 2. The van der Waals surface area contributed by atoms with Gasteiger partial charge in [0.05, 0.1) is 6.54 Å². The zero-order valence-corrected chi connectivity index (χ0v) is 14.2. The number of amides is 2. The van der Waals surface area contributed by atoms with Crippen LogP contribution in [0.2, 0.25) is 0 Å². The van der Waals surface area contributed by atoms with E-state index in [-0.39, 0.29) is 18.4 Å². The molecule has 0 saturated heterocycles. The summed E-state index contributed by atoms with van der Waals surface area (Å²) in [6, 6.07) is 4.34. The van der Waals surface area contributed by atoms with Gasteiger partial charge in [0, 0.05) is 37.9 Å². The molecule has 0 aliphatic heterocycles. The van der Waals surface area contributed by atoms with Crippen molar-refractivity contribution in [2.75, 3.05) is 13.1 Å². The van der Waals surface area contributed by atoms with Crippen molar-refractivity contribution in [1.82, 2.24) is 14.4 Å². The molecule has 5 heteroatoms. The minimum Gasteiger partial charge on any atom is -0.353 e. The summed E-state index contributed by atoms with van der Waals surface area (Å²) in [7, 11) is 1.99. The predicted octanol–water partition coefficient (Wildman–Crippen LogP) is 2.33. The molecule has 1 heterocycles. The van der Waals surface area contributed by atoms with E-state index in [1.54, 1.807) is 11.0 Å². The minimum absolute atomic E-state index is 0.0235. The van der Waals surface area contributed by atoms with Crippen LogP contribution in [0.25, 0.3) is 0 Å². The molecule has 0 bridgehead atoms. The van der Waals surface area contributed by atoms with Crippen LogP contribution < -0.4 is 0 Å². The van der Waals surface area contributed by atoms with Gasteiger partial charge in [0.1, 0.15) is 6.54 Å². The summed E-state index contributed by atoms with van der Waals surface area (Å²) < 4.78 is 2.03. The summed E-state index contributed by atoms with van der Waals surface area (Å²) in [5.74, 6) is 0.0513. The molecule has 0 aromatic carbocycles. The number of rotatable bonds is 9. The standard InChI is InChI=1S/C18H27N3O2/c1-4-7-17(22)20(11-5-2)14-18(23)21(15-9-10-15)13-16-8-6-12-19(16)3/h5-6,8,12,15H,2,4,7,9-11,13-14H2,1,3H3. The van der Waals surface area contributed by atoms with Gasteiger partial charge in [-0.25, -0.2) is 0 Å². The fourth-order valence-electron chi connectivity index (χ4n) is 2.68. The molecule has 1 aromatic rings. The van der Waals surface area contributed by atoms with E-state index < -0.39 is 0 Å². The van der Waals surface area contributed by atoms with Crippen molar-refractivity contribution in [3.63, 3.8) is 0 Å². The van der Waals surface area contributed by atoms with Gasteiger partial charge in [-0.2, -0.15) is 0 Å². The van der Waals surface area contributed by atoms with E-state index >= 15 is 0 Å². The zero-order chi connectivity index (χ0) is 16.8. The van der Waals surface area contributed by atoms with Crippen LogP contribution in [-0.4, -0.2) is 45.3 Å². The van der Waals surface area contributed by atoms with E-state index in [1.807, 2.05) is 41.8 Å². The first kappa shape index (κ1) is 17.3. The zero-order valence-electron chi connectivity index (χ0n) is 14.2. The van der Waals surface area contributed by atoms with Crippen molar-refractivity contribution in [3.8, 4) is 0 Å². The normalized spacial score (nSPS) is 13.7. The lowest BCUT2D eigenvalue weighted by atomic mass is 10.2. The lowest BCUT2D eigenvalue weighted by Crippen LogP contribution is -2.43. The summed E-state index contributed by atoms with van der Waals surface area (Å²) in [6.45, 7) is 6.84. The highest BCUT2D eigenvalue weighted by atomic mass is 16.2. The molecule has 126 valence electrons. The molecule has 23 heavy (non-hydrogen) atoms. The van der Waals surface area contributed by atoms with Crippen molar-refractivity contribution in [1.29, 1.82) is 0 Å². The van der Waals surface area contributed by atoms with Crippen molar-refractivity contribution in [2.45, 2.75) is 45.2 Å². The van der Waals surface area contributed by atoms with E-state index in [9.17, 15) is 9.59 Å². The Morgan fingerprint density at radius 3 is 2.65 bits per heavy atom. The number of hydrogen-bond donors (Lipinski definition) is 0. The fraction of sp³-hybridized carbons (Fsp3) is 0.556. The van der Waals surface area contributed by atoms with Crippen molar-refractivity contribution in [2.24, 2.45) is 7.05 Å². The van der Waals surface area contributed by atoms with Crippen LogP contribution in [0, 0.1) is 0 Å². The maximum atomic E-state index is 12.7. The molecule has 1 fully saturated rings. The maximum Gasteiger partial charge on any atom is 0.242 e. The Kier molecular flexibility index (Phi) is 6.02. The average Bonchev–Trinajstić information content (AvgIpc) is 3.27. The Morgan fingerprint density at radius 1 is 1.39 bits per heavy atom. The topological polar surface area (TPSA) is 45.6 Å². The first-order chi connectivity index (χ1) is 11.1. The second-order valence-electron chi connectivity index (χ2n) is 6.18. The van der Waals surface area contributed by atoms with E-state index in [0.29, 0.717) is 25.6 Å². The van der Waals surface area contributed by atoms with Gasteiger partial charge in [0.25, 0.3) is 0 Å². The molecule has 1 saturated carbocycles. The smallest absolute Gasteiger partial charge is 0.242 e. The number of aromatic nitrogens is 1. The average molecular weight is 317 g/mol. The van der Waals surface area contributed by atoms with Crippen LogP contribution >= 0.6 is 0 Å². The second-order valence-corrected chi connectivity index (χ2v) is 6.18. The molecule has 2 amide bonds. The first-order valence-corrected chi connectivity index (χ1v) is 8.35.